The Balaban J connectivity index is 2.05. The normalized spacial score (nSPS) is 13.8. The molecule has 100 valence electrons. The van der Waals surface area contributed by atoms with Crippen LogP contribution in [0.3, 0.4) is 0 Å². The third kappa shape index (κ3) is 3.17. The third-order valence-corrected chi connectivity index (χ3v) is 3.04. The van der Waals surface area contributed by atoms with Crippen molar-refractivity contribution >= 4 is 11.6 Å². The molecule has 0 aliphatic carbocycles. The van der Waals surface area contributed by atoms with Gasteiger partial charge in [-0.2, -0.15) is 5.10 Å². The summed E-state index contributed by atoms with van der Waals surface area (Å²) in [6, 6.07) is 7.21. The van der Waals surface area contributed by atoms with Gasteiger partial charge in [0, 0.05) is 17.3 Å². The Morgan fingerprint density at radius 2 is 2.00 bits per heavy atom. The summed E-state index contributed by atoms with van der Waals surface area (Å²) in [5, 5.41) is 9.40. The summed E-state index contributed by atoms with van der Waals surface area (Å²) in [6.07, 6.45) is 1.45. The van der Waals surface area contributed by atoms with Crippen LogP contribution in [0.15, 0.2) is 30.6 Å². The van der Waals surface area contributed by atoms with Crippen LogP contribution in [0, 0.1) is 5.92 Å². The van der Waals surface area contributed by atoms with Crippen LogP contribution in [-0.2, 0) is 4.79 Å². The molecule has 2 rings (SSSR count). The minimum Gasteiger partial charge on any atom is -0.327 e. The molecule has 1 aromatic heterocycles. The Bertz CT molecular complexity index is 533. The van der Waals surface area contributed by atoms with E-state index in [-0.39, 0.29) is 17.9 Å². The number of carbonyl (C=O) groups excluding carboxylic acids is 1. The quantitative estimate of drug-likeness (QED) is 0.773. The molecule has 1 aromatic carbocycles. The fourth-order valence-corrected chi connectivity index (χ4v) is 1.55. The van der Waals surface area contributed by atoms with Crippen molar-refractivity contribution in [3.63, 3.8) is 0 Å². The summed E-state index contributed by atoms with van der Waals surface area (Å²) in [7, 11) is 0. The molecule has 0 saturated heterocycles. The van der Waals surface area contributed by atoms with Gasteiger partial charge < -0.3 is 11.1 Å². The zero-order chi connectivity index (χ0) is 13.8. The number of H-pyrrole nitrogens is 1. The highest BCUT2D eigenvalue weighted by Gasteiger charge is 2.16. The first-order valence-corrected chi connectivity index (χ1v) is 6.10. The van der Waals surface area contributed by atoms with E-state index >= 15 is 0 Å². The van der Waals surface area contributed by atoms with E-state index in [1.807, 2.05) is 38.1 Å². The first kappa shape index (κ1) is 13.2. The number of aromatic nitrogens is 3. The van der Waals surface area contributed by atoms with Crippen LogP contribution in [0.25, 0.3) is 11.4 Å². The zero-order valence-corrected chi connectivity index (χ0v) is 10.9. The van der Waals surface area contributed by atoms with Gasteiger partial charge in [-0.3, -0.25) is 9.89 Å². The van der Waals surface area contributed by atoms with Crippen molar-refractivity contribution in [3.05, 3.63) is 30.6 Å². The number of nitrogens with two attached hydrogens (primary N) is 1. The molecule has 0 fully saturated rings. The van der Waals surface area contributed by atoms with Gasteiger partial charge in [-0.25, -0.2) is 4.98 Å². The lowest BCUT2D eigenvalue weighted by molar-refractivity contribution is -0.119. The van der Waals surface area contributed by atoms with E-state index in [4.69, 9.17) is 5.73 Å². The summed E-state index contributed by atoms with van der Waals surface area (Å²) in [6.45, 7) is 3.63. The molecular formula is C13H17N5O. The number of hydrogen-bond acceptors (Lipinski definition) is 4. The van der Waals surface area contributed by atoms with Crippen molar-refractivity contribution in [3.8, 4) is 11.4 Å². The van der Waals surface area contributed by atoms with Gasteiger partial charge in [0.1, 0.15) is 6.33 Å². The van der Waals surface area contributed by atoms with Crippen molar-refractivity contribution in [1.82, 2.24) is 15.2 Å². The fraction of sp³-hybridized carbons (Fsp3) is 0.308. The minimum absolute atomic E-state index is 0.0811. The van der Waals surface area contributed by atoms with Crippen LogP contribution >= 0.6 is 0 Å². The van der Waals surface area contributed by atoms with E-state index in [0.717, 1.165) is 11.3 Å². The topological polar surface area (TPSA) is 96.7 Å². The average molecular weight is 259 g/mol. The average Bonchev–Trinajstić information content (AvgIpc) is 2.92. The lowest BCUT2D eigenvalue weighted by atomic mass is 10.0. The number of hydrogen-bond donors (Lipinski definition) is 3. The summed E-state index contributed by atoms with van der Waals surface area (Å²) < 4.78 is 0. The number of aromatic amines is 1. The molecule has 19 heavy (non-hydrogen) atoms. The lowest BCUT2D eigenvalue weighted by Gasteiger charge is -2.15. The first-order chi connectivity index (χ1) is 9.08. The van der Waals surface area contributed by atoms with E-state index < -0.39 is 0 Å². The maximum absolute atomic E-state index is 11.8. The number of carbonyl (C=O) groups is 1. The maximum Gasteiger partial charge on any atom is 0.228 e. The maximum atomic E-state index is 11.8. The highest BCUT2D eigenvalue weighted by atomic mass is 16.1. The highest BCUT2D eigenvalue weighted by molar-refractivity contribution is 5.92. The molecule has 6 heteroatoms. The van der Waals surface area contributed by atoms with E-state index in [2.05, 4.69) is 20.5 Å². The molecule has 2 atom stereocenters. The summed E-state index contributed by atoms with van der Waals surface area (Å²) in [4.78, 5) is 15.9. The number of nitrogens with zero attached hydrogens (tertiary/aromatic N) is 2. The van der Waals surface area contributed by atoms with Gasteiger partial charge in [-0.15, -0.1) is 0 Å². The molecule has 1 amide bonds. The summed E-state index contributed by atoms with van der Waals surface area (Å²) >= 11 is 0. The van der Waals surface area contributed by atoms with Gasteiger partial charge in [0.25, 0.3) is 0 Å². The Morgan fingerprint density at radius 3 is 2.53 bits per heavy atom. The summed E-state index contributed by atoms with van der Waals surface area (Å²) in [5.74, 6) is 0.387. The van der Waals surface area contributed by atoms with Gasteiger partial charge >= 0.3 is 0 Å². The van der Waals surface area contributed by atoms with Crippen molar-refractivity contribution in [2.75, 3.05) is 5.32 Å². The molecule has 0 aliphatic rings. The first-order valence-electron chi connectivity index (χ1n) is 6.10. The SMILES string of the molecule is CC(N)C(C)C(=O)Nc1ccc(-c2ncn[nH]2)cc1. The molecule has 0 saturated carbocycles. The number of amides is 1. The standard InChI is InChI=1S/C13H17N5O/c1-8(9(2)14)13(19)17-11-5-3-10(4-6-11)12-15-7-16-18-12/h3-9H,14H2,1-2H3,(H,17,19)(H,15,16,18). The molecule has 2 aromatic rings. The van der Waals surface area contributed by atoms with Crippen LogP contribution in [-0.4, -0.2) is 27.1 Å². The summed E-state index contributed by atoms with van der Waals surface area (Å²) in [5.41, 5.74) is 7.35. The van der Waals surface area contributed by atoms with Crippen molar-refractivity contribution in [1.29, 1.82) is 0 Å². The van der Waals surface area contributed by atoms with E-state index in [9.17, 15) is 4.79 Å². The smallest absolute Gasteiger partial charge is 0.228 e. The van der Waals surface area contributed by atoms with Crippen molar-refractivity contribution in [2.45, 2.75) is 19.9 Å². The molecule has 0 bridgehead atoms. The van der Waals surface area contributed by atoms with Gasteiger partial charge in [0.05, 0.1) is 5.92 Å². The molecule has 0 aliphatic heterocycles. The van der Waals surface area contributed by atoms with E-state index in [1.165, 1.54) is 6.33 Å². The molecular weight excluding hydrogens is 242 g/mol. The number of rotatable bonds is 4. The molecule has 2 unspecified atom stereocenters. The molecule has 4 N–H and O–H groups in total. The van der Waals surface area contributed by atoms with Gasteiger partial charge in [-0.1, -0.05) is 6.92 Å². The monoisotopic (exact) mass is 259 g/mol. The predicted octanol–water partition coefficient (Wildman–Crippen LogP) is 1.39. The second-order valence-electron chi connectivity index (χ2n) is 4.55. The number of benzene rings is 1. The Hall–Kier alpha value is -2.21. The fourth-order valence-electron chi connectivity index (χ4n) is 1.55. The van der Waals surface area contributed by atoms with Crippen molar-refractivity contribution in [2.24, 2.45) is 11.7 Å². The van der Waals surface area contributed by atoms with Gasteiger partial charge in [-0.05, 0) is 31.2 Å². The third-order valence-electron chi connectivity index (χ3n) is 3.04. The lowest BCUT2D eigenvalue weighted by Crippen LogP contribution is -2.34. The molecule has 6 nitrogen and oxygen atoms in total. The van der Waals surface area contributed by atoms with E-state index in [1.54, 1.807) is 0 Å². The highest BCUT2D eigenvalue weighted by Crippen LogP contribution is 2.17. The van der Waals surface area contributed by atoms with Crippen LogP contribution < -0.4 is 11.1 Å². The Morgan fingerprint density at radius 1 is 1.32 bits per heavy atom. The second kappa shape index (κ2) is 5.62. The van der Waals surface area contributed by atoms with Crippen molar-refractivity contribution < 1.29 is 4.79 Å². The van der Waals surface area contributed by atoms with E-state index in [0.29, 0.717) is 5.82 Å². The van der Waals surface area contributed by atoms with Crippen LogP contribution in [0.5, 0.6) is 0 Å². The van der Waals surface area contributed by atoms with Crippen LogP contribution in [0.2, 0.25) is 0 Å². The molecule has 0 radical (unpaired) electrons. The zero-order valence-electron chi connectivity index (χ0n) is 10.9. The van der Waals surface area contributed by atoms with Crippen LogP contribution in [0.4, 0.5) is 5.69 Å². The van der Waals surface area contributed by atoms with Gasteiger partial charge in [0.2, 0.25) is 5.91 Å². The van der Waals surface area contributed by atoms with Gasteiger partial charge in [0.15, 0.2) is 5.82 Å². The second-order valence-corrected chi connectivity index (χ2v) is 4.55. The molecule has 1 heterocycles. The predicted molar refractivity (Wildman–Crippen MR) is 73.3 cm³/mol. The number of anilines is 1. The Kier molecular flexibility index (Phi) is 3.91. The largest absolute Gasteiger partial charge is 0.327 e. The molecule has 0 spiro atoms. The number of nitrogens with one attached hydrogen (secondary N) is 2. The Labute approximate surface area is 111 Å². The minimum atomic E-state index is -0.228. The van der Waals surface area contributed by atoms with Crippen LogP contribution in [0.1, 0.15) is 13.8 Å².